The highest BCUT2D eigenvalue weighted by atomic mass is 16.5. The molecule has 10 aromatic carbocycles. The Morgan fingerprint density at radius 2 is 0.966 bits per heavy atom. The van der Waals surface area contributed by atoms with Gasteiger partial charge in [0.2, 0.25) is 0 Å². The van der Waals surface area contributed by atoms with Crippen LogP contribution in [-0.2, 0) is 5.41 Å². The zero-order valence-electron chi connectivity index (χ0n) is 32.2. The van der Waals surface area contributed by atoms with Crippen LogP contribution in [0.15, 0.2) is 224 Å². The third kappa shape index (κ3) is 5.06. The fourth-order valence-electron chi connectivity index (χ4n) is 9.89. The highest BCUT2D eigenvalue weighted by molar-refractivity contribution is 5.97. The number of para-hydroxylation sites is 2. The van der Waals surface area contributed by atoms with Crippen molar-refractivity contribution in [2.24, 2.45) is 0 Å². The van der Waals surface area contributed by atoms with Crippen LogP contribution in [0, 0.1) is 0 Å². The van der Waals surface area contributed by atoms with Gasteiger partial charge in [0, 0.05) is 33.5 Å². The van der Waals surface area contributed by atoms with Crippen molar-refractivity contribution in [1.29, 1.82) is 0 Å². The molecule has 2 heteroatoms. The first-order valence-corrected chi connectivity index (χ1v) is 20.3. The quantitative estimate of drug-likeness (QED) is 0.174. The first kappa shape index (κ1) is 33.5. The molecule has 2 nitrogen and oxygen atoms in total. The summed E-state index contributed by atoms with van der Waals surface area (Å²) >= 11 is 0. The van der Waals surface area contributed by atoms with Crippen LogP contribution in [0.5, 0.6) is 11.5 Å². The van der Waals surface area contributed by atoms with E-state index in [9.17, 15) is 0 Å². The fourth-order valence-corrected chi connectivity index (χ4v) is 9.89. The lowest BCUT2D eigenvalue weighted by molar-refractivity contribution is 0.441. The predicted octanol–water partition coefficient (Wildman–Crippen LogP) is 15.3. The van der Waals surface area contributed by atoms with Gasteiger partial charge in [0.1, 0.15) is 11.5 Å². The second-order valence-electron chi connectivity index (χ2n) is 15.6. The summed E-state index contributed by atoms with van der Waals surface area (Å²) in [5.74, 6) is 1.81. The van der Waals surface area contributed by atoms with E-state index in [1.807, 2.05) is 0 Å². The topological polar surface area (TPSA) is 12.5 Å². The molecular formula is C57H37NO. The largest absolute Gasteiger partial charge is 0.456 e. The normalized spacial score (nSPS) is 14.6. The summed E-state index contributed by atoms with van der Waals surface area (Å²) in [6, 6.07) is 81.7. The highest BCUT2D eigenvalue weighted by Crippen LogP contribution is 2.63. The average Bonchev–Trinajstić information content (AvgIpc) is 3.59. The van der Waals surface area contributed by atoms with Crippen molar-refractivity contribution in [3.63, 3.8) is 0 Å². The molecule has 0 radical (unpaired) electrons. The van der Waals surface area contributed by atoms with Crippen LogP contribution in [0.2, 0.25) is 0 Å². The van der Waals surface area contributed by atoms with Crippen LogP contribution in [0.4, 0.5) is 17.1 Å². The van der Waals surface area contributed by atoms with E-state index in [4.69, 9.17) is 4.74 Å². The molecule has 0 amide bonds. The molecule has 276 valence electrons. The molecule has 0 saturated heterocycles. The number of nitrogens with zero attached hydrogens (tertiary/aromatic N) is 1. The summed E-state index contributed by atoms with van der Waals surface area (Å²) in [4.78, 5) is 2.44. The highest BCUT2D eigenvalue weighted by Gasteiger charge is 2.51. The number of hydrogen-bond acceptors (Lipinski definition) is 2. The monoisotopic (exact) mass is 751 g/mol. The number of anilines is 3. The molecule has 0 bridgehead atoms. The van der Waals surface area contributed by atoms with Crippen molar-refractivity contribution in [2.45, 2.75) is 5.41 Å². The molecule has 1 spiro atoms. The Balaban J connectivity index is 1.11. The van der Waals surface area contributed by atoms with Gasteiger partial charge in [-0.15, -0.1) is 0 Å². The molecule has 1 atom stereocenters. The zero-order valence-corrected chi connectivity index (χ0v) is 32.2. The second-order valence-corrected chi connectivity index (χ2v) is 15.6. The maximum Gasteiger partial charge on any atom is 0.140 e. The van der Waals surface area contributed by atoms with E-state index in [2.05, 4.69) is 229 Å². The number of fused-ring (bicyclic) bond motifs is 12. The van der Waals surface area contributed by atoms with Crippen LogP contribution in [0.1, 0.15) is 22.3 Å². The van der Waals surface area contributed by atoms with Gasteiger partial charge in [0.15, 0.2) is 0 Å². The summed E-state index contributed by atoms with van der Waals surface area (Å²) in [6.45, 7) is 0. The predicted molar refractivity (Wildman–Crippen MR) is 244 cm³/mol. The first-order valence-electron chi connectivity index (χ1n) is 20.3. The van der Waals surface area contributed by atoms with Crippen LogP contribution in [-0.4, -0.2) is 0 Å². The minimum atomic E-state index is -0.610. The lowest BCUT2D eigenvalue weighted by Crippen LogP contribution is -2.32. The van der Waals surface area contributed by atoms with E-state index in [1.54, 1.807) is 0 Å². The maximum atomic E-state index is 6.95. The Hall–Kier alpha value is -7.68. The van der Waals surface area contributed by atoms with Gasteiger partial charge in [-0.05, 0) is 97.6 Å². The van der Waals surface area contributed by atoms with Crippen molar-refractivity contribution in [2.75, 3.05) is 4.90 Å². The van der Waals surface area contributed by atoms with E-state index in [0.29, 0.717) is 0 Å². The van der Waals surface area contributed by atoms with E-state index in [0.717, 1.165) is 50.5 Å². The minimum absolute atomic E-state index is 0.610. The molecule has 0 saturated carbocycles. The van der Waals surface area contributed by atoms with Crippen molar-refractivity contribution in [3.8, 4) is 44.9 Å². The standard InChI is InChI=1S/C57H37NO/c1-2-15-40(16-3-1)46-19-9-12-24-54(46)58(44-31-28-39(29-32-44)43-27-26-38-14-4-5-18-42(38)36-43)45-33-34-49-48-21-8-10-22-50(48)57(53(49)37-45)51-23-11-13-25-55(51)59-56-47-20-7-6-17-41(47)30-35-52(56)57/h1-37H. The summed E-state index contributed by atoms with van der Waals surface area (Å²) in [5, 5.41) is 4.77. The number of ether oxygens (including phenoxy) is 1. The molecule has 2 aliphatic rings. The van der Waals surface area contributed by atoms with Gasteiger partial charge in [-0.3, -0.25) is 0 Å². The van der Waals surface area contributed by atoms with Gasteiger partial charge in [0.25, 0.3) is 0 Å². The molecular weight excluding hydrogens is 715 g/mol. The molecule has 12 rings (SSSR count). The Bertz CT molecular complexity index is 3260. The lowest BCUT2D eigenvalue weighted by Gasteiger charge is -2.40. The van der Waals surface area contributed by atoms with E-state index < -0.39 is 5.41 Å². The smallest absolute Gasteiger partial charge is 0.140 e. The van der Waals surface area contributed by atoms with Gasteiger partial charge < -0.3 is 9.64 Å². The number of rotatable bonds is 5. The third-order valence-corrected chi connectivity index (χ3v) is 12.5. The average molecular weight is 752 g/mol. The Morgan fingerprint density at radius 1 is 0.339 bits per heavy atom. The second kappa shape index (κ2) is 13.2. The molecule has 1 aliphatic heterocycles. The van der Waals surface area contributed by atoms with Crippen molar-refractivity contribution < 1.29 is 4.74 Å². The van der Waals surface area contributed by atoms with Gasteiger partial charge in [-0.1, -0.05) is 182 Å². The van der Waals surface area contributed by atoms with Crippen LogP contribution < -0.4 is 9.64 Å². The zero-order chi connectivity index (χ0) is 38.9. The molecule has 1 unspecified atom stereocenters. The van der Waals surface area contributed by atoms with Gasteiger partial charge in [-0.2, -0.15) is 0 Å². The Morgan fingerprint density at radius 3 is 1.83 bits per heavy atom. The SMILES string of the molecule is c1ccc(-c2ccccc2N(c2ccc(-c3ccc4ccccc4c3)cc2)c2ccc3c(c2)C2(c4ccccc4Oc4c2ccc2ccccc42)c2ccccc2-3)cc1. The van der Waals surface area contributed by atoms with E-state index in [1.165, 1.54) is 55.3 Å². The minimum Gasteiger partial charge on any atom is -0.456 e. The summed E-state index contributed by atoms with van der Waals surface area (Å²) in [6.07, 6.45) is 0. The lowest BCUT2D eigenvalue weighted by atomic mass is 9.65. The number of benzene rings is 10. The molecule has 59 heavy (non-hydrogen) atoms. The Kier molecular flexibility index (Phi) is 7.48. The van der Waals surface area contributed by atoms with Crippen LogP contribution in [0.25, 0.3) is 54.9 Å². The molecule has 0 aromatic heterocycles. The number of hydrogen-bond donors (Lipinski definition) is 0. The summed E-state index contributed by atoms with van der Waals surface area (Å²) in [5.41, 5.74) is 14.7. The fraction of sp³-hybridized carbons (Fsp3) is 0.0175. The molecule has 1 heterocycles. The maximum absolute atomic E-state index is 6.95. The van der Waals surface area contributed by atoms with Gasteiger partial charge in [0.05, 0.1) is 11.1 Å². The van der Waals surface area contributed by atoms with Crippen LogP contribution in [0.3, 0.4) is 0 Å². The van der Waals surface area contributed by atoms with E-state index in [-0.39, 0.29) is 0 Å². The van der Waals surface area contributed by atoms with Gasteiger partial charge >= 0.3 is 0 Å². The van der Waals surface area contributed by atoms with Crippen molar-refractivity contribution in [3.05, 3.63) is 247 Å². The molecule has 0 N–H and O–H groups in total. The third-order valence-electron chi connectivity index (χ3n) is 12.5. The van der Waals surface area contributed by atoms with Gasteiger partial charge in [-0.25, -0.2) is 0 Å². The first-order chi connectivity index (χ1) is 29.3. The summed E-state index contributed by atoms with van der Waals surface area (Å²) in [7, 11) is 0. The van der Waals surface area contributed by atoms with Crippen LogP contribution >= 0.6 is 0 Å². The molecule has 1 aliphatic carbocycles. The van der Waals surface area contributed by atoms with Crippen molar-refractivity contribution >= 4 is 38.6 Å². The molecule has 0 fully saturated rings. The molecule has 10 aromatic rings. The van der Waals surface area contributed by atoms with E-state index >= 15 is 0 Å². The summed E-state index contributed by atoms with van der Waals surface area (Å²) < 4.78 is 6.95. The Labute approximate surface area is 343 Å². The van der Waals surface area contributed by atoms with Crippen molar-refractivity contribution in [1.82, 2.24) is 0 Å².